The molecular weight excluding hydrogens is 350 g/mol. The van der Waals surface area contributed by atoms with E-state index < -0.39 is 0 Å². The highest BCUT2D eigenvalue weighted by Crippen LogP contribution is 2.18. The van der Waals surface area contributed by atoms with E-state index in [-0.39, 0.29) is 30.3 Å². The van der Waals surface area contributed by atoms with Crippen LogP contribution >= 0.6 is 23.7 Å². The van der Waals surface area contributed by atoms with Crippen LogP contribution < -0.4 is 16.0 Å². The maximum atomic E-state index is 12.1. The van der Waals surface area contributed by atoms with Crippen molar-refractivity contribution in [1.29, 1.82) is 0 Å². The Morgan fingerprint density at radius 3 is 2.62 bits per heavy atom. The van der Waals surface area contributed by atoms with Gasteiger partial charge in [-0.15, -0.1) is 23.7 Å². The van der Waals surface area contributed by atoms with Crippen LogP contribution in [0.2, 0.25) is 0 Å². The van der Waals surface area contributed by atoms with Gasteiger partial charge in [-0.05, 0) is 29.6 Å². The molecule has 3 N–H and O–H groups in total. The summed E-state index contributed by atoms with van der Waals surface area (Å²) in [4.78, 5) is 24.8. The Morgan fingerprint density at radius 1 is 1.17 bits per heavy atom. The molecular formula is C16H18ClN3O3S. The van der Waals surface area contributed by atoms with Crippen LogP contribution in [0.25, 0.3) is 0 Å². The van der Waals surface area contributed by atoms with Crippen molar-refractivity contribution in [3.63, 3.8) is 0 Å². The fraction of sp³-hybridized carbons (Fsp3) is 0.250. The minimum Gasteiger partial charge on any atom is -0.378 e. The number of hydrogen-bond donors (Lipinski definition) is 3. The fourth-order valence-electron chi connectivity index (χ4n) is 2.24. The van der Waals surface area contributed by atoms with Crippen molar-refractivity contribution in [2.75, 3.05) is 30.4 Å². The zero-order valence-electron chi connectivity index (χ0n) is 12.8. The molecule has 3 rings (SSSR count). The van der Waals surface area contributed by atoms with E-state index in [1.165, 1.54) is 11.3 Å². The molecule has 1 aliphatic heterocycles. The number of carbonyl (C=O) groups excluding carboxylic acids is 2. The molecule has 128 valence electrons. The van der Waals surface area contributed by atoms with E-state index in [2.05, 4.69) is 16.0 Å². The minimum atomic E-state index is -0.354. The largest absolute Gasteiger partial charge is 0.378 e. The number of carbonyl (C=O) groups is 2. The molecule has 2 aromatic rings. The summed E-state index contributed by atoms with van der Waals surface area (Å²) in [6.07, 6.45) is 0. The molecule has 1 aromatic heterocycles. The molecule has 1 atom stereocenters. The minimum absolute atomic E-state index is 0. The Hall–Kier alpha value is -1.93. The van der Waals surface area contributed by atoms with Gasteiger partial charge in [0.1, 0.15) is 6.04 Å². The SMILES string of the molecule is Cl.O=C(Nc1cccc(NC(=O)C2COCCN2)c1)c1cccs1. The predicted molar refractivity (Wildman–Crippen MR) is 97.2 cm³/mol. The van der Waals surface area contributed by atoms with Crippen molar-refractivity contribution in [2.45, 2.75) is 6.04 Å². The smallest absolute Gasteiger partial charge is 0.265 e. The summed E-state index contributed by atoms with van der Waals surface area (Å²) in [5.74, 6) is -0.308. The molecule has 0 radical (unpaired) electrons. The van der Waals surface area contributed by atoms with Crippen molar-refractivity contribution in [2.24, 2.45) is 0 Å². The number of hydrogen-bond acceptors (Lipinski definition) is 5. The molecule has 1 unspecified atom stereocenters. The lowest BCUT2D eigenvalue weighted by molar-refractivity contribution is -0.120. The van der Waals surface area contributed by atoms with Gasteiger partial charge in [-0.1, -0.05) is 12.1 Å². The van der Waals surface area contributed by atoms with Crippen molar-refractivity contribution in [1.82, 2.24) is 5.32 Å². The lowest BCUT2D eigenvalue weighted by Crippen LogP contribution is -2.48. The Labute approximate surface area is 150 Å². The first-order valence-corrected chi connectivity index (χ1v) is 8.17. The number of amides is 2. The van der Waals surface area contributed by atoms with Crippen LogP contribution in [0.4, 0.5) is 11.4 Å². The van der Waals surface area contributed by atoms with Crippen LogP contribution in [0.5, 0.6) is 0 Å². The number of rotatable bonds is 4. The first-order chi connectivity index (χ1) is 11.2. The fourth-order valence-corrected chi connectivity index (χ4v) is 2.86. The van der Waals surface area contributed by atoms with Crippen LogP contribution in [0.1, 0.15) is 9.67 Å². The predicted octanol–water partition coefficient (Wildman–Crippen LogP) is 2.35. The molecule has 0 bridgehead atoms. The van der Waals surface area contributed by atoms with E-state index in [1.807, 2.05) is 11.4 Å². The van der Waals surface area contributed by atoms with Crippen LogP contribution in [0.3, 0.4) is 0 Å². The van der Waals surface area contributed by atoms with Gasteiger partial charge < -0.3 is 20.7 Å². The van der Waals surface area contributed by atoms with Gasteiger partial charge in [-0.3, -0.25) is 9.59 Å². The van der Waals surface area contributed by atoms with Gasteiger partial charge in [0.2, 0.25) is 5.91 Å². The Morgan fingerprint density at radius 2 is 1.96 bits per heavy atom. The third kappa shape index (κ3) is 4.78. The second-order valence-electron chi connectivity index (χ2n) is 5.08. The van der Waals surface area contributed by atoms with Gasteiger partial charge in [0, 0.05) is 17.9 Å². The Balaban J connectivity index is 0.00000208. The number of halogens is 1. The maximum absolute atomic E-state index is 12.1. The van der Waals surface area contributed by atoms with E-state index in [0.717, 1.165) is 0 Å². The summed E-state index contributed by atoms with van der Waals surface area (Å²) in [6, 6.07) is 10.3. The first kappa shape index (κ1) is 18.4. The molecule has 24 heavy (non-hydrogen) atoms. The molecule has 6 nitrogen and oxygen atoms in total. The monoisotopic (exact) mass is 367 g/mol. The van der Waals surface area contributed by atoms with E-state index in [9.17, 15) is 9.59 Å². The molecule has 1 aromatic carbocycles. The van der Waals surface area contributed by atoms with Gasteiger partial charge in [-0.2, -0.15) is 0 Å². The summed E-state index contributed by atoms with van der Waals surface area (Å²) < 4.78 is 5.28. The Bertz CT molecular complexity index is 688. The molecule has 1 fully saturated rings. The van der Waals surface area contributed by atoms with Crippen molar-refractivity contribution in [3.8, 4) is 0 Å². The standard InChI is InChI=1S/C16H17N3O3S.ClH/c20-15(13-10-22-7-6-17-13)18-11-3-1-4-12(9-11)19-16(21)14-5-2-8-23-14;/h1-5,8-9,13,17H,6-7,10H2,(H,18,20)(H,19,21);1H. The molecule has 1 aliphatic rings. The highest BCUT2D eigenvalue weighted by atomic mass is 35.5. The van der Waals surface area contributed by atoms with Gasteiger partial charge >= 0.3 is 0 Å². The average molecular weight is 368 g/mol. The number of thiophene rings is 1. The van der Waals surface area contributed by atoms with Gasteiger partial charge in [-0.25, -0.2) is 0 Å². The van der Waals surface area contributed by atoms with E-state index in [4.69, 9.17) is 4.74 Å². The summed E-state index contributed by atoms with van der Waals surface area (Å²) in [6.45, 7) is 1.64. The Kier molecular flexibility index (Phi) is 6.74. The number of nitrogens with one attached hydrogen (secondary N) is 3. The van der Waals surface area contributed by atoms with Crippen molar-refractivity contribution < 1.29 is 14.3 Å². The molecule has 1 saturated heterocycles. The second-order valence-corrected chi connectivity index (χ2v) is 6.03. The maximum Gasteiger partial charge on any atom is 0.265 e. The number of ether oxygens (including phenoxy) is 1. The summed E-state index contributed by atoms with van der Waals surface area (Å²) in [5.41, 5.74) is 1.26. The van der Waals surface area contributed by atoms with Crippen molar-refractivity contribution in [3.05, 3.63) is 46.7 Å². The number of benzene rings is 1. The third-order valence-corrected chi connectivity index (χ3v) is 4.24. The summed E-state index contributed by atoms with van der Waals surface area (Å²) in [5, 5.41) is 10.6. The second kappa shape index (κ2) is 8.79. The first-order valence-electron chi connectivity index (χ1n) is 7.29. The molecule has 8 heteroatoms. The third-order valence-electron chi connectivity index (χ3n) is 3.37. The topological polar surface area (TPSA) is 79.5 Å². The summed E-state index contributed by atoms with van der Waals surface area (Å²) in [7, 11) is 0. The van der Waals surface area contributed by atoms with Crippen LogP contribution in [-0.2, 0) is 9.53 Å². The van der Waals surface area contributed by atoms with Crippen LogP contribution in [0, 0.1) is 0 Å². The van der Waals surface area contributed by atoms with Crippen LogP contribution in [0.15, 0.2) is 41.8 Å². The van der Waals surface area contributed by atoms with E-state index in [1.54, 1.807) is 30.3 Å². The van der Waals surface area contributed by atoms with Crippen molar-refractivity contribution >= 4 is 46.9 Å². The van der Waals surface area contributed by atoms with E-state index >= 15 is 0 Å². The average Bonchev–Trinajstić information content (AvgIpc) is 3.10. The van der Waals surface area contributed by atoms with Gasteiger partial charge in [0.25, 0.3) is 5.91 Å². The number of anilines is 2. The number of morpholine rings is 1. The zero-order valence-corrected chi connectivity index (χ0v) is 14.4. The lowest BCUT2D eigenvalue weighted by atomic mass is 10.2. The molecule has 0 saturated carbocycles. The van der Waals surface area contributed by atoms with Crippen LogP contribution in [-0.4, -0.2) is 37.6 Å². The molecule has 2 amide bonds. The van der Waals surface area contributed by atoms with E-state index in [0.29, 0.717) is 36.0 Å². The zero-order chi connectivity index (χ0) is 16.1. The highest BCUT2D eigenvalue weighted by Gasteiger charge is 2.21. The van der Waals surface area contributed by atoms with Gasteiger partial charge in [0.05, 0.1) is 18.1 Å². The summed E-state index contributed by atoms with van der Waals surface area (Å²) >= 11 is 1.38. The highest BCUT2D eigenvalue weighted by molar-refractivity contribution is 7.12. The molecule has 0 aliphatic carbocycles. The van der Waals surface area contributed by atoms with Gasteiger partial charge in [0.15, 0.2) is 0 Å². The molecule has 2 heterocycles. The normalized spacial score (nSPS) is 16.8. The molecule has 0 spiro atoms. The quantitative estimate of drug-likeness (QED) is 0.775. The lowest BCUT2D eigenvalue weighted by Gasteiger charge is -2.23.